The number of carbonyl (C=O) groups is 2. The summed E-state index contributed by atoms with van der Waals surface area (Å²) in [6, 6.07) is 4.81. The van der Waals surface area contributed by atoms with Gasteiger partial charge in [-0.25, -0.2) is 4.79 Å². The van der Waals surface area contributed by atoms with Crippen molar-refractivity contribution in [1.82, 2.24) is 10.6 Å². The molecule has 1 aromatic rings. The Morgan fingerprint density at radius 3 is 2.29 bits per heavy atom. The molecule has 1 aromatic carbocycles. The Morgan fingerprint density at radius 2 is 1.75 bits per heavy atom. The fourth-order valence-electron chi connectivity index (χ4n) is 2.38. The minimum absolute atomic E-state index is 0.163. The summed E-state index contributed by atoms with van der Waals surface area (Å²) >= 11 is 0. The molecule has 0 aromatic heterocycles. The van der Waals surface area contributed by atoms with E-state index in [1.807, 2.05) is 12.1 Å². The van der Waals surface area contributed by atoms with Gasteiger partial charge in [-0.15, -0.1) is 0 Å². The van der Waals surface area contributed by atoms with E-state index in [-0.39, 0.29) is 16.8 Å². The third kappa shape index (κ3) is 8.73. The van der Waals surface area contributed by atoms with Gasteiger partial charge in [-0.1, -0.05) is 6.07 Å². The second-order valence-electron chi connectivity index (χ2n) is 7.58. The number of benzene rings is 1. The summed E-state index contributed by atoms with van der Waals surface area (Å²) in [5, 5.41) is 5.57. The maximum Gasteiger partial charge on any atom is 0.408 e. The number of carbonyl (C=O) groups excluding carboxylic acids is 2. The lowest BCUT2D eigenvalue weighted by molar-refractivity contribution is -0.123. The van der Waals surface area contributed by atoms with Crippen LogP contribution in [0.3, 0.4) is 0 Å². The monoisotopic (exact) mass is 413 g/mol. The van der Waals surface area contributed by atoms with Crippen molar-refractivity contribution in [2.45, 2.75) is 45.4 Å². The topological polar surface area (TPSA) is 85.9 Å². The predicted octanol–water partition coefficient (Wildman–Crippen LogP) is 2.48. The van der Waals surface area contributed by atoms with Crippen molar-refractivity contribution in [2.75, 3.05) is 32.5 Å². The highest BCUT2D eigenvalue weighted by Crippen LogP contribution is 2.27. The molecule has 0 aliphatic heterocycles. The van der Waals surface area contributed by atoms with Gasteiger partial charge in [-0.3, -0.25) is 4.79 Å². The SMILES string of the molecule is COc1ccc(CNC(=O)[C@@H](CC[S+](C)C)NC(=O)OC(C)(C)C)cc1OC. The molecule has 158 valence electrons. The molecule has 0 bridgehead atoms. The van der Waals surface area contributed by atoms with Gasteiger partial charge in [-0.05, 0) is 49.4 Å². The number of amides is 2. The first-order valence-electron chi connectivity index (χ1n) is 9.08. The number of methoxy groups -OCH3 is 2. The first-order valence-corrected chi connectivity index (χ1v) is 11.3. The standard InChI is InChI=1S/C20H32N2O5S/c1-20(2,3)27-19(24)22-15(10-11-28(6)7)18(23)21-13-14-8-9-16(25-4)17(12-14)26-5/h8-9,12,15H,10-11,13H2,1-7H3,(H-,21,22,23,24)/p+1/t15-/m1/s1. The third-order valence-electron chi connectivity index (χ3n) is 3.74. The normalized spacial score (nSPS) is 12.3. The zero-order chi connectivity index (χ0) is 21.3. The fourth-order valence-corrected chi connectivity index (χ4v) is 3.08. The minimum Gasteiger partial charge on any atom is -0.493 e. The fraction of sp³-hybridized carbons (Fsp3) is 0.600. The summed E-state index contributed by atoms with van der Waals surface area (Å²) in [4.78, 5) is 24.8. The number of alkyl carbamates (subject to hydrolysis) is 1. The van der Waals surface area contributed by atoms with Crippen LogP contribution in [0.15, 0.2) is 18.2 Å². The first-order chi connectivity index (χ1) is 13.1. The molecule has 0 unspecified atom stereocenters. The molecule has 7 nitrogen and oxygen atoms in total. The number of ether oxygens (including phenoxy) is 3. The van der Waals surface area contributed by atoms with Crippen LogP contribution in [0.1, 0.15) is 32.8 Å². The molecular weight excluding hydrogens is 380 g/mol. The van der Waals surface area contributed by atoms with E-state index in [0.717, 1.165) is 11.3 Å². The summed E-state index contributed by atoms with van der Waals surface area (Å²) in [6.45, 7) is 5.67. The van der Waals surface area contributed by atoms with Crippen molar-refractivity contribution in [1.29, 1.82) is 0 Å². The van der Waals surface area contributed by atoms with Crippen molar-refractivity contribution >= 4 is 22.9 Å². The quantitative estimate of drug-likeness (QED) is 0.608. The minimum atomic E-state index is -0.648. The third-order valence-corrected chi connectivity index (χ3v) is 4.79. The Labute approximate surface area is 170 Å². The molecule has 2 amide bonds. The van der Waals surface area contributed by atoms with Crippen molar-refractivity contribution in [3.8, 4) is 11.5 Å². The van der Waals surface area contributed by atoms with E-state index in [4.69, 9.17) is 14.2 Å². The molecule has 0 fully saturated rings. The number of rotatable bonds is 9. The zero-order valence-electron chi connectivity index (χ0n) is 17.9. The summed E-state index contributed by atoms with van der Waals surface area (Å²) < 4.78 is 15.8. The largest absolute Gasteiger partial charge is 0.493 e. The number of hydrogen-bond acceptors (Lipinski definition) is 5. The van der Waals surface area contributed by atoms with Crippen LogP contribution in [0.25, 0.3) is 0 Å². The van der Waals surface area contributed by atoms with E-state index < -0.39 is 17.7 Å². The van der Waals surface area contributed by atoms with E-state index in [1.165, 1.54) is 0 Å². The average molecular weight is 414 g/mol. The molecule has 1 rings (SSSR count). The van der Waals surface area contributed by atoms with Crippen LogP contribution in [-0.4, -0.2) is 56.1 Å². The van der Waals surface area contributed by atoms with Crippen LogP contribution in [0.5, 0.6) is 11.5 Å². The molecule has 0 heterocycles. The Balaban J connectivity index is 2.76. The Hall–Kier alpha value is -2.09. The average Bonchev–Trinajstić information content (AvgIpc) is 2.61. The maximum atomic E-state index is 12.7. The van der Waals surface area contributed by atoms with Gasteiger partial charge in [0.05, 0.1) is 26.7 Å². The maximum absolute atomic E-state index is 12.7. The molecule has 1 atom stereocenters. The molecule has 8 heteroatoms. The van der Waals surface area contributed by atoms with Crippen LogP contribution >= 0.6 is 0 Å². The Bertz CT molecular complexity index is 658. The van der Waals surface area contributed by atoms with Crippen molar-refractivity contribution in [3.05, 3.63) is 23.8 Å². The lowest BCUT2D eigenvalue weighted by atomic mass is 10.1. The summed E-state index contributed by atoms with van der Waals surface area (Å²) in [7, 11) is 3.30. The van der Waals surface area contributed by atoms with Crippen molar-refractivity contribution < 1.29 is 23.8 Å². The highest BCUT2D eigenvalue weighted by molar-refractivity contribution is 7.95. The second kappa shape index (κ2) is 11.0. The van der Waals surface area contributed by atoms with Gasteiger partial charge in [0.25, 0.3) is 0 Å². The first kappa shape index (κ1) is 23.9. The van der Waals surface area contributed by atoms with E-state index in [1.54, 1.807) is 41.1 Å². The Morgan fingerprint density at radius 1 is 1.11 bits per heavy atom. The van der Waals surface area contributed by atoms with Gasteiger partial charge in [0.1, 0.15) is 17.4 Å². The predicted molar refractivity (Wildman–Crippen MR) is 113 cm³/mol. The van der Waals surface area contributed by atoms with Gasteiger partial charge in [0, 0.05) is 13.0 Å². The van der Waals surface area contributed by atoms with Gasteiger partial charge in [0.15, 0.2) is 11.5 Å². The molecule has 2 N–H and O–H groups in total. The van der Waals surface area contributed by atoms with Gasteiger partial charge in [0.2, 0.25) is 5.91 Å². The summed E-state index contributed by atoms with van der Waals surface area (Å²) in [6.07, 6.45) is 4.16. The van der Waals surface area contributed by atoms with Crippen molar-refractivity contribution in [2.24, 2.45) is 0 Å². The van der Waals surface area contributed by atoms with Gasteiger partial charge in [-0.2, -0.15) is 0 Å². The van der Waals surface area contributed by atoms with E-state index in [2.05, 4.69) is 23.1 Å². The van der Waals surface area contributed by atoms with E-state index in [9.17, 15) is 9.59 Å². The van der Waals surface area contributed by atoms with Crippen LogP contribution < -0.4 is 20.1 Å². The molecular formula is C20H33N2O5S+. The van der Waals surface area contributed by atoms with Crippen LogP contribution in [0, 0.1) is 0 Å². The molecule has 28 heavy (non-hydrogen) atoms. The van der Waals surface area contributed by atoms with E-state index in [0.29, 0.717) is 24.5 Å². The molecule has 0 saturated carbocycles. The lowest BCUT2D eigenvalue weighted by Crippen LogP contribution is -2.48. The Kier molecular flexibility index (Phi) is 9.45. The number of nitrogens with one attached hydrogen (secondary N) is 2. The van der Waals surface area contributed by atoms with Gasteiger partial charge >= 0.3 is 6.09 Å². The molecule has 0 saturated heterocycles. The van der Waals surface area contributed by atoms with Crippen LogP contribution in [-0.2, 0) is 27.0 Å². The highest BCUT2D eigenvalue weighted by atomic mass is 32.2. The zero-order valence-corrected chi connectivity index (χ0v) is 18.7. The summed E-state index contributed by atoms with van der Waals surface area (Å²) in [5.74, 6) is 1.81. The van der Waals surface area contributed by atoms with Crippen LogP contribution in [0.4, 0.5) is 4.79 Å². The number of hydrogen-bond donors (Lipinski definition) is 2. The van der Waals surface area contributed by atoms with Crippen LogP contribution in [0.2, 0.25) is 0 Å². The summed E-state index contributed by atoms with van der Waals surface area (Å²) in [5.41, 5.74) is 0.248. The molecule has 0 radical (unpaired) electrons. The molecule has 0 aliphatic carbocycles. The second-order valence-corrected chi connectivity index (χ2v) is 9.96. The van der Waals surface area contributed by atoms with Crippen molar-refractivity contribution in [3.63, 3.8) is 0 Å². The van der Waals surface area contributed by atoms with Gasteiger partial charge < -0.3 is 24.8 Å². The molecule has 0 spiro atoms. The smallest absolute Gasteiger partial charge is 0.408 e. The molecule has 0 aliphatic rings. The van der Waals surface area contributed by atoms with E-state index >= 15 is 0 Å². The lowest BCUT2D eigenvalue weighted by Gasteiger charge is -2.23. The highest BCUT2D eigenvalue weighted by Gasteiger charge is 2.25.